The van der Waals surface area contributed by atoms with E-state index in [0.29, 0.717) is 0 Å². The molecule has 29 heavy (non-hydrogen) atoms. The average molecular weight is 441 g/mol. The van der Waals surface area contributed by atoms with Gasteiger partial charge in [0.1, 0.15) is 0 Å². The molecule has 0 bridgehead atoms. The highest BCUT2D eigenvalue weighted by Crippen LogP contribution is 2.49. The molecule has 0 atom stereocenters. The Morgan fingerprint density at radius 3 is 1.72 bits per heavy atom. The van der Waals surface area contributed by atoms with Crippen molar-refractivity contribution in [2.75, 3.05) is 5.32 Å². The van der Waals surface area contributed by atoms with Crippen molar-refractivity contribution in [1.82, 2.24) is 0 Å². The predicted molar refractivity (Wildman–Crippen MR) is 79.6 cm³/mol. The van der Waals surface area contributed by atoms with Crippen LogP contribution in [0.2, 0.25) is 0 Å². The van der Waals surface area contributed by atoms with E-state index in [-0.39, 0.29) is 0 Å². The van der Waals surface area contributed by atoms with Gasteiger partial charge >= 0.3 is 31.3 Å². The van der Waals surface area contributed by atoms with Crippen molar-refractivity contribution in [3.63, 3.8) is 0 Å². The molecule has 0 aliphatic carbocycles. The van der Waals surface area contributed by atoms with Crippen LogP contribution in [0.5, 0.6) is 0 Å². The summed E-state index contributed by atoms with van der Waals surface area (Å²) in [5.74, 6) is -13.3. The predicted octanol–water partition coefficient (Wildman–Crippen LogP) is 3.19. The lowest BCUT2D eigenvalue weighted by Gasteiger charge is -2.28. The van der Waals surface area contributed by atoms with Crippen molar-refractivity contribution in [3.05, 3.63) is 35.4 Å². The maximum atomic E-state index is 13.9. The van der Waals surface area contributed by atoms with Crippen LogP contribution in [0.4, 0.5) is 49.6 Å². The van der Waals surface area contributed by atoms with Crippen LogP contribution in [0.15, 0.2) is 24.3 Å². The average Bonchev–Trinajstić information content (AvgIpc) is 2.51. The van der Waals surface area contributed by atoms with E-state index in [2.05, 4.69) is 6.58 Å². The molecule has 1 aromatic rings. The third kappa shape index (κ3) is 4.66. The molecular weight excluding hydrogens is 431 g/mol. The third-order valence-electron chi connectivity index (χ3n) is 3.47. The quantitative estimate of drug-likeness (QED) is 0.374. The highest BCUT2D eigenvalue weighted by atomic mass is 19.4. The molecule has 0 saturated heterocycles. The summed E-state index contributed by atoms with van der Waals surface area (Å²) in [6, 6.07) is -1.03. The molecule has 162 valence electrons. The van der Waals surface area contributed by atoms with E-state index < -0.39 is 77.2 Å². The molecule has 1 amide bonds. The van der Waals surface area contributed by atoms with E-state index in [1.807, 2.05) is 0 Å². The van der Waals surface area contributed by atoms with Crippen LogP contribution < -0.4 is 10.8 Å². The van der Waals surface area contributed by atoms with Gasteiger partial charge in [0.15, 0.2) is 0 Å². The van der Waals surface area contributed by atoms with Crippen molar-refractivity contribution in [1.29, 1.82) is 0 Å². The summed E-state index contributed by atoms with van der Waals surface area (Å²) in [6.45, 7) is 3.93. The van der Waals surface area contributed by atoms with Crippen LogP contribution in [0.25, 0.3) is 0 Å². The minimum Gasteiger partial charge on any atom is -0.423 e. The van der Waals surface area contributed by atoms with Crippen molar-refractivity contribution < 1.29 is 58.7 Å². The Kier molecular flexibility index (Phi) is 6.42. The summed E-state index contributed by atoms with van der Waals surface area (Å²) in [5, 5.41) is 19.5. The lowest BCUT2D eigenvalue weighted by atomic mass is 9.73. The van der Waals surface area contributed by atoms with Crippen molar-refractivity contribution in [3.8, 4) is 0 Å². The van der Waals surface area contributed by atoms with Crippen molar-refractivity contribution in [2.45, 2.75) is 31.1 Å². The number of carbonyl (C=O) groups excluding carboxylic acids is 1. The Balaban J connectivity index is 4.01. The van der Waals surface area contributed by atoms with Crippen LogP contribution in [-0.2, 0) is 16.6 Å². The van der Waals surface area contributed by atoms with Crippen LogP contribution in [0.1, 0.15) is 18.1 Å². The fourth-order valence-electron chi connectivity index (χ4n) is 2.03. The molecule has 0 unspecified atom stereocenters. The zero-order chi connectivity index (χ0) is 23.2. The number of alkyl halides is 10. The molecule has 0 radical (unpaired) electrons. The van der Waals surface area contributed by atoms with Crippen LogP contribution >= 0.6 is 0 Å². The highest BCUT2D eigenvalue weighted by Gasteiger charge is 2.63. The van der Waals surface area contributed by atoms with Gasteiger partial charge in [-0.1, -0.05) is 12.6 Å². The standard InChI is InChI=1S/C14H10BF10NO3/c1-5(2)10(27)26-8-4-6(11(16,17)13(20,21)22)3-7(15(28)29)9(8)12(18,19)14(23,24)25/h3-4,28-29H,1H2,2H3,(H,26,27). The van der Waals surface area contributed by atoms with E-state index in [9.17, 15) is 48.7 Å². The van der Waals surface area contributed by atoms with Gasteiger partial charge in [-0.15, -0.1) is 0 Å². The number of hydrogen-bond donors (Lipinski definition) is 3. The fourth-order valence-corrected chi connectivity index (χ4v) is 2.03. The van der Waals surface area contributed by atoms with Crippen molar-refractivity contribution >= 4 is 24.2 Å². The molecule has 0 aliphatic heterocycles. The number of carbonyl (C=O) groups is 1. The van der Waals surface area contributed by atoms with E-state index >= 15 is 0 Å². The van der Waals surface area contributed by atoms with E-state index in [1.165, 1.54) is 5.32 Å². The summed E-state index contributed by atoms with van der Waals surface area (Å²) >= 11 is 0. The Morgan fingerprint density at radius 1 is 0.931 bits per heavy atom. The number of hydrogen-bond acceptors (Lipinski definition) is 3. The molecule has 0 aromatic heterocycles. The molecule has 0 aliphatic rings. The summed E-state index contributed by atoms with van der Waals surface area (Å²) < 4.78 is 131. The smallest absolute Gasteiger partial charge is 0.423 e. The van der Waals surface area contributed by atoms with Crippen molar-refractivity contribution in [2.24, 2.45) is 0 Å². The molecule has 0 saturated carbocycles. The first-order chi connectivity index (χ1) is 12.7. The first-order valence-corrected chi connectivity index (χ1v) is 7.16. The number of amides is 1. The number of halogens is 10. The van der Waals surface area contributed by atoms with Gasteiger partial charge in [-0.25, -0.2) is 0 Å². The zero-order valence-electron chi connectivity index (χ0n) is 14.0. The Labute approximate surface area is 156 Å². The van der Waals surface area contributed by atoms with Gasteiger partial charge in [-0.05, 0) is 18.5 Å². The largest absolute Gasteiger partial charge is 0.489 e. The monoisotopic (exact) mass is 441 g/mol. The molecule has 0 heterocycles. The summed E-state index contributed by atoms with van der Waals surface area (Å²) in [6.07, 6.45) is -12.8. The first kappa shape index (κ1) is 24.8. The maximum Gasteiger partial charge on any atom is 0.489 e. The fraction of sp³-hybridized carbons (Fsp3) is 0.357. The number of benzene rings is 1. The summed E-state index contributed by atoms with van der Waals surface area (Å²) in [4.78, 5) is 11.6. The molecule has 15 heteroatoms. The van der Waals surface area contributed by atoms with Gasteiger partial charge in [0, 0.05) is 11.1 Å². The highest BCUT2D eigenvalue weighted by molar-refractivity contribution is 6.59. The second-order valence-corrected chi connectivity index (χ2v) is 5.74. The van der Waals surface area contributed by atoms with Gasteiger partial charge in [-0.2, -0.15) is 43.9 Å². The molecule has 1 rings (SSSR count). The van der Waals surface area contributed by atoms with Crippen LogP contribution in [0, 0.1) is 0 Å². The second kappa shape index (κ2) is 7.52. The Bertz CT molecular complexity index is 817. The van der Waals surface area contributed by atoms with E-state index in [0.717, 1.165) is 6.92 Å². The minimum absolute atomic E-state index is 0.463. The van der Waals surface area contributed by atoms with Crippen LogP contribution in [-0.4, -0.2) is 35.4 Å². The molecule has 1 aromatic carbocycles. The normalized spacial score (nSPS) is 13.3. The number of nitrogens with one attached hydrogen (secondary N) is 1. The van der Waals surface area contributed by atoms with Gasteiger partial charge in [-0.3, -0.25) is 4.79 Å². The number of anilines is 1. The second-order valence-electron chi connectivity index (χ2n) is 5.74. The van der Waals surface area contributed by atoms with Crippen LogP contribution in [0.3, 0.4) is 0 Å². The summed E-state index contributed by atoms with van der Waals surface area (Å²) in [7, 11) is -3.33. The SMILES string of the molecule is C=C(C)C(=O)Nc1cc(C(F)(F)C(F)(F)F)cc(B(O)O)c1C(F)(F)C(F)(F)F. The Hall–Kier alpha value is -2.29. The van der Waals surface area contributed by atoms with Gasteiger partial charge in [0.25, 0.3) is 5.91 Å². The molecule has 3 N–H and O–H groups in total. The summed E-state index contributed by atoms with van der Waals surface area (Å²) in [5.41, 5.74) is -9.04. The topological polar surface area (TPSA) is 69.6 Å². The molecular formula is C14H10BF10NO3. The van der Waals surface area contributed by atoms with Gasteiger partial charge in [0.05, 0.1) is 11.3 Å². The number of rotatable bonds is 5. The zero-order valence-corrected chi connectivity index (χ0v) is 14.0. The Morgan fingerprint density at radius 2 is 1.38 bits per heavy atom. The minimum atomic E-state index is -6.44. The van der Waals surface area contributed by atoms with E-state index in [4.69, 9.17) is 10.0 Å². The first-order valence-electron chi connectivity index (χ1n) is 7.16. The lowest BCUT2D eigenvalue weighted by molar-refractivity contribution is -0.290. The van der Waals surface area contributed by atoms with Gasteiger partial charge in [0.2, 0.25) is 0 Å². The van der Waals surface area contributed by atoms with E-state index in [1.54, 1.807) is 0 Å². The molecule has 0 spiro atoms. The molecule has 0 fully saturated rings. The maximum absolute atomic E-state index is 13.9. The lowest BCUT2D eigenvalue weighted by Crippen LogP contribution is -2.45. The van der Waals surface area contributed by atoms with Gasteiger partial charge < -0.3 is 15.4 Å². The molecule has 4 nitrogen and oxygen atoms in total. The third-order valence-corrected chi connectivity index (χ3v) is 3.47.